The summed E-state index contributed by atoms with van der Waals surface area (Å²) >= 11 is 12.3. The minimum absolute atomic E-state index is 0.0918. The Balaban J connectivity index is 1.69. The van der Waals surface area contributed by atoms with Crippen molar-refractivity contribution in [3.8, 4) is 0 Å². The quantitative estimate of drug-likeness (QED) is 0.473. The summed E-state index contributed by atoms with van der Waals surface area (Å²) in [5.74, 6) is -0.367. The van der Waals surface area contributed by atoms with Crippen molar-refractivity contribution in [2.24, 2.45) is 11.8 Å². The third-order valence-corrected chi connectivity index (χ3v) is 8.27. The number of fused-ring (bicyclic) bond motifs is 2. The maximum atomic E-state index is 15.0. The lowest BCUT2D eigenvalue weighted by atomic mass is 9.59. The van der Waals surface area contributed by atoms with Gasteiger partial charge in [-0.05, 0) is 91.2 Å². The molecule has 2 aromatic carbocycles. The molecule has 1 fully saturated rings. The Morgan fingerprint density at radius 1 is 1.24 bits per heavy atom. The number of esters is 1. The Morgan fingerprint density at radius 2 is 1.97 bits per heavy atom. The third kappa shape index (κ3) is 4.36. The Kier molecular flexibility index (Phi) is 6.95. The van der Waals surface area contributed by atoms with Gasteiger partial charge >= 0.3 is 5.97 Å². The number of aliphatic hydroxyl groups is 1. The van der Waals surface area contributed by atoms with Gasteiger partial charge in [0.05, 0.1) is 12.1 Å². The molecule has 1 saturated carbocycles. The van der Waals surface area contributed by atoms with Crippen LogP contribution in [0.5, 0.6) is 0 Å². The summed E-state index contributed by atoms with van der Waals surface area (Å²) in [4.78, 5) is 13.0. The number of nitrogens with one attached hydrogen (secondary N) is 1. The number of aliphatic hydroxyl groups excluding tert-OH is 1. The average molecular weight is 494 g/mol. The first-order valence-corrected chi connectivity index (χ1v) is 12.2. The molecule has 33 heavy (non-hydrogen) atoms. The van der Waals surface area contributed by atoms with E-state index in [2.05, 4.69) is 5.32 Å². The lowest BCUT2D eigenvalue weighted by molar-refractivity contribution is -0.148. The molecule has 1 spiro atoms. The van der Waals surface area contributed by atoms with Crippen LogP contribution in [-0.4, -0.2) is 30.3 Å². The molecule has 0 amide bonds. The van der Waals surface area contributed by atoms with Crippen LogP contribution in [0.25, 0.3) is 0 Å². The largest absolute Gasteiger partial charge is 0.467 e. The summed E-state index contributed by atoms with van der Waals surface area (Å²) in [6.07, 6.45) is 3.87. The monoisotopic (exact) mass is 493 g/mol. The third-order valence-electron chi connectivity index (χ3n) is 7.74. The molecule has 4 nitrogen and oxygen atoms in total. The van der Waals surface area contributed by atoms with Crippen molar-refractivity contribution in [3.05, 3.63) is 63.4 Å². The number of benzene rings is 2. The second-order valence-electron chi connectivity index (χ2n) is 9.68. The highest BCUT2D eigenvalue weighted by atomic mass is 35.5. The van der Waals surface area contributed by atoms with Crippen LogP contribution in [0, 0.1) is 17.7 Å². The summed E-state index contributed by atoms with van der Waals surface area (Å²) in [6.45, 7) is 2.11. The van der Waals surface area contributed by atoms with Crippen LogP contribution in [0.1, 0.15) is 50.2 Å². The van der Waals surface area contributed by atoms with Gasteiger partial charge in [-0.25, -0.2) is 9.18 Å². The van der Waals surface area contributed by atoms with Crippen LogP contribution in [0.2, 0.25) is 10.0 Å². The van der Waals surface area contributed by atoms with Crippen molar-refractivity contribution in [1.29, 1.82) is 0 Å². The minimum Gasteiger partial charge on any atom is -0.467 e. The molecular formula is C26H30Cl2FNO3. The highest BCUT2D eigenvalue weighted by Crippen LogP contribution is 2.57. The molecule has 2 N–H and O–H groups in total. The van der Waals surface area contributed by atoms with Crippen LogP contribution in [0.15, 0.2) is 36.4 Å². The molecule has 4 rings (SSSR count). The van der Waals surface area contributed by atoms with Gasteiger partial charge in [0, 0.05) is 17.3 Å². The molecule has 2 aliphatic rings. The summed E-state index contributed by atoms with van der Waals surface area (Å²) in [5, 5.41) is 13.8. The Bertz CT molecular complexity index is 1040. The van der Waals surface area contributed by atoms with Gasteiger partial charge in [-0.3, -0.25) is 0 Å². The molecule has 2 aromatic rings. The number of halogens is 3. The van der Waals surface area contributed by atoms with Crippen LogP contribution < -0.4 is 5.32 Å². The first-order valence-electron chi connectivity index (χ1n) is 11.4. The van der Waals surface area contributed by atoms with Crippen LogP contribution in [0.3, 0.4) is 0 Å². The predicted molar refractivity (Wildman–Crippen MR) is 129 cm³/mol. The van der Waals surface area contributed by atoms with Gasteiger partial charge in [0.2, 0.25) is 0 Å². The number of hydrogen-bond donors (Lipinski definition) is 2. The Labute approximate surface area is 204 Å². The predicted octanol–water partition coefficient (Wildman–Crippen LogP) is 6.16. The molecule has 178 valence electrons. The summed E-state index contributed by atoms with van der Waals surface area (Å²) in [7, 11) is 1.40. The minimum atomic E-state index is -0.883. The van der Waals surface area contributed by atoms with E-state index in [0.29, 0.717) is 42.7 Å². The van der Waals surface area contributed by atoms with Crippen molar-refractivity contribution in [2.45, 2.75) is 56.4 Å². The number of ether oxygens (including phenoxy) is 1. The standard InChI is InChI=1S/C26H30Cl2FNO3/c1-16(15-31)12-17-13-20-21(6-7-22(28)23(20)29)25(17)8-10-26(11-9-25,24(32)33-2)30-19-5-3-4-18(27)14-19/h3-7,14,16-17,30-31H,8-13,15H2,1-2H3/t16-,17?,25?,26?/m1/s1. The SMILES string of the molecule is COC(=O)C1(Nc2cccc(Cl)c2)CCC2(CC1)c1ccc(Cl)c(F)c1CC2C[C@@H](C)CO. The number of carbonyl (C=O) groups is 1. The zero-order valence-corrected chi connectivity index (χ0v) is 20.5. The number of carbonyl (C=O) groups excluding carboxylic acids is 1. The normalized spacial score (nSPS) is 27.3. The first-order chi connectivity index (χ1) is 15.7. The molecule has 0 aromatic heterocycles. The van der Waals surface area contributed by atoms with Crippen LogP contribution in [-0.2, 0) is 21.4 Å². The fourth-order valence-electron chi connectivity index (χ4n) is 6.01. The van der Waals surface area contributed by atoms with Crippen LogP contribution >= 0.6 is 23.2 Å². The van der Waals surface area contributed by atoms with E-state index in [4.69, 9.17) is 27.9 Å². The van der Waals surface area contributed by atoms with Gasteiger partial charge < -0.3 is 15.2 Å². The molecule has 0 radical (unpaired) electrons. The fourth-order valence-corrected chi connectivity index (χ4v) is 6.38. The van der Waals surface area contributed by atoms with E-state index in [9.17, 15) is 9.90 Å². The van der Waals surface area contributed by atoms with E-state index in [-0.39, 0.29) is 40.7 Å². The van der Waals surface area contributed by atoms with Crippen LogP contribution in [0.4, 0.5) is 10.1 Å². The van der Waals surface area contributed by atoms with Crippen molar-refractivity contribution in [1.82, 2.24) is 0 Å². The molecule has 1 unspecified atom stereocenters. The molecule has 0 saturated heterocycles. The van der Waals surface area contributed by atoms with Crippen molar-refractivity contribution in [3.63, 3.8) is 0 Å². The Hall–Kier alpha value is -1.82. The Morgan fingerprint density at radius 3 is 2.61 bits per heavy atom. The number of anilines is 1. The number of hydrogen-bond acceptors (Lipinski definition) is 4. The molecule has 0 bridgehead atoms. The van der Waals surface area contributed by atoms with E-state index in [1.807, 2.05) is 25.1 Å². The van der Waals surface area contributed by atoms with Gasteiger partial charge in [0.1, 0.15) is 11.4 Å². The van der Waals surface area contributed by atoms with E-state index in [1.165, 1.54) is 7.11 Å². The second kappa shape index (κ2) is 9.44. The lowest BCUT2D eigenvalue weighted by Crippen LogP contribution is -2.53. The maximum Gasteiger partial charge on any atom is 0.331 e. The highest BCUT2D eigenvalue weighted by molar-refractivity contribution is 6.31. The van der Waals surface area contributed by atoms with E-state index < -0.39 is 5.54 Å². The number of methoxy groups -OCH3 is 1. The maximum absolute atomic E-state index is 15.0. The average Bonchev–Trinajstić information content (AvgIpc) is 3.10. The second-order valence-corrected chi connectivity index (χ2v) is 10.5. The molecule has 2 aliphatic carbocycles. The molecule has 2 atom stereocenters. The molecule has 0 heterocycles. The fraction of sp³-hybridized carbons (Fsp3) is 0.500. The van der Waals surface area contributed by atoms with E-state index in [1.54, 1.807) is 18.2 Å². The highest BCUT2D eigenvalue weighted by Gasteiger charge is 2.55. The van der Waals surface area contributed by atoms with Gasteiger partial charge in [0.15, 0.2) is 0 Å². The smallest absolute Gasteiger partial charge is 0.331 e. The van der Waals surface area contributed by atoms with E-state index in [0.717, 1.165) is 17.7 Å². The summed E-state index contributed by atoms with van der Waals surface area (Å²) in [6, 6.07) is 10.9. The van der Waals surface area contributed by atoms with Crippen molar-refractivity contribution < 1.29 is 19.0 Å². The lowest BCUT2D eigenvalue weighted by Gasteiger charge is -2.47. The first kappa shape index (κ1) is 24.3. The van der Waals surface area contributed by atoms with Crippen molar-refractivity contribution in [2.75, 3.05) is 19.0 Å². The summed E-state index contributed by atoms with van der Waals surface area (Å²) in [5.41, 5.74) is 1.30. The van der Waals surface area contributed by atoms with Gasteiger partial charge in [-0.2, -0.15) is 0 Å². The van der Waals surface area contributed by atoms with Gasteiger partial charge in [-0.1, -0.05) is 42.3 Å². The molecule has 7 heteroatoms. The van der Waals surface area contributed by atoms with Crippen molar-refractivity contribution >= 4 is 34.9 Å². The van der Waals surface area contributed by atoms with Gasteiger partial charge in [0.25, 0.3) is 0 Å². The zero-order valence-electron chi connectivity index (χ0n) is 19.0. The summed E-state index contributed by atoms with van der Waals surface area (Å²) < 4.78 is 20.2. The zero-order chi connectivity index (χ0) is 23.8. The number of rotatable bonds is 6. The topological polar surface area (TPSA) is 58.6 Å². The van der Waals surface area contributed by atoms with E-state index >= 15 is 4.39 Å². The van der Waals surface area contributed by atoms with Gasteiger partial charge in [-0.15, -0.1) is 0 Å². The molecular weight excluding hydrogens is 464 g/mol. The molecule has 0 aliphatic heterocycles.